The molecule has 0 unspecified atom stereocenters. The van der Waals surface area contributed by atoms with Crippen LogP contribution in [0.25, 0.3) is 0 Å². The van der Waals surface area contributed by atoms with Crippen LogP contribution >= 0.6 is 0 Å². The van der Waals surface area contributed by atoms with Crippen molar-refractivity contribution in [1.82, 2.24) is 0 Å². The van der Waals surface area contributed by atoms with Gasteiger partial charge in [0.15, 0.2) is 6.10 Å². The van der Waals surface area contributed by atoms with Crippen LogP contribution in [0.4, 0.5) is 0 Å². The predicted octanol–water partition coefficient (Wildman–Crippen LogP) is 0.254. The van der Waals surface area contributed by atoms with E-state index in [4.69, 9.17) is 10.2 Å². The number of carbonyl (C=O) groups is 1. The highest BCUT2D eigenvalue weighted by Gasteiger charge is 2.17. The molecule has 0 heterocycles. The van der Waals surface area contributed by atoms with Crippen LogP contribution in [0.5, 0.6) is 0 Å². The van der Waals surface area contributed by atoms with E-state index in [-0.39, 0.29) is 5.92 Å². The molecule has 0 aliphatic heterocycles. The maximum absolute atomic E-state index is 10.0. The van der Waals surface area contributed by atoms with Crippen molar-refractivity contribution in [1.29, 1.82) is 0 Å². The average molecular weight is 130 g/mol. The van der Waals surface area contributed by atoms with Crippen molar-refractivity contribution in [3.8, 4) is 0 Å². The Morgan fingerprint density at radius 2 is 2.22 bits per heavy atom. The highest BCUT2D eigenvalue weighted by atomic mass is 16.4. The Morgan fingerprint density at radius 1 is 1.78 bits per heavy atom. The Hall–Kier alpha value is -0.830. The van der Waals surface area contributed by atoms with Gasteiger partial charge < -0.3 is 10.2 Å². The Bertz CT molecular complexity index is 119. The van der Waals surface area contributed by atoms with Crippen molar-refractivity contribution >= 4 is 5.97 Å². The van der Waals surface area contributed by atoms with Crippen molar-refractivity contribution in [2.24, 2.45) is 5.92 Å². The fraction of sp³-hybridized carbons (Fsp3) is 0.500. The molecule has 0 saturated carbocycles. The van der Waals surface area contributed by atoms with Crippen LogP contribution in [0.3, 0.4) is 0 Å². The van der Waals surface area contributed by atoms with Gasteiger partial charge in [-0.1, -0.05) is 13.0 Å². The lowest BCUT2D eigenvalue weighted by Gasteiger charge is -2.08. The van der Waals surface area contributed by atoms with E-state index in [0.29, 0.717) is 0 Å². The van der Waals surface area contributed by atoms with Crippen molar-refractivity contribution < 1.29 is 15.0 Å². The summed E-state index contributed by atoms with van der Waals surface area (Å²) in [5.41, 5.74) is 0. The van der Waals surface area contributed by atoms with Crippen molar-refractivity contribution in [3.05, 3.63) is 12.7 Å². The van der Waals surface area contributed by atoms with E-state index in [2.05, 4.69) is 6.58 Å². The average Bonchev–Trinajstić information content (AvgIpc) is 1.84. The van der Waals surface area contributed by atoms with Crippen molar-refractivity contribution in [3.63, 3.8) is 0 Å². The smallest absolute Gasteiger partial charge is 0.333 e. The predicted molar refractivity (Wildman–Crippen MR) is 33.0 cm³/mol. The van der Waals surface area contributed by atoms with Crippen LogP contribution in [0.1, 0.15) is 6.92 Å². The molecular weight excluding hydrogens is 120 g/mol. The largest absolute Gasteiger partial charge is 0.479 e. The molecule has 0 aliphatic carbocycles. The van der Waals surface area contributed by atoms with E-state index in [0.717, 1.165) is 0 Å². The number of carboxylic acids is 1. The minimum absolute atomic E-state index is 0.387. The maximum Gasteiger partial charge on any atom is 0.333 e. The number of hydrogen-bond donors (Lipinski definition) is 2. The van der Waals surface area contributed by atoms with Gasteiger partial charge in [0, 0.05) is 5.92 Å². The maximum atomic E-state index is 10.0. The second-order valence-corrected chi connectivity index (χ2v) is 1.88. The van der Waals surface area contributed by atoms with Crippen LogP contribution in [-0.4, -0.2) is 22.3 Å². The first-order chi connectivity index (χ1) is 4.09. The number of carboxylic acid groups (broad SMARTS) is 1. The Balaban J connectivity index is 3.86. The Kier molecular flexibility index (Phi) is 2.95. The number of rotatable bonds is 3. The minimum atomic E-state index is -1.32. The Labute approximate surface area is 53.6 Å². The van der Waals surface area contributed by atoms with Crippen LogP contribution in [0.2, 0.25) is 0 Å². The fourth-order valence-corrected chi connectivity index (χ4v) is 0.354. The summed E-state index contributed by atoms with van der Waals surface area (Å²) in [6.07, 6.45) is 0.0844. The molecule has 9 heavy (non-hydrogen) atoms. The summed E-state index contributed by atoms with van der Waals surface area (Å²) in [5.74, 6) is -1.59. The monoisotopic (exact) mass is 130 g/mol. The minimum Gasteiger partial charge on any atom is -0.479 e. The molecule has 3 heteroatoms. The molecule has 0 spiro atoms. The zero-order chi connectivity index (χ0) is 7.44. The molecule has 0 rings (SSSR count). The number of hydrogen-bond acceptors (Lipinski definition) is 2. The summed E-state index contributed by atoms with van der Waals surface area (Å²) < 4.78 is 0. The summed E-state index contributed by atoms with van der Waals surface area (Å²) in [4.78, 5) is 10.0. The number of aliphatic hydroxyl groups excluding tert-OH is 1. The molecule has 0 aromatic rings. The summed E-state index contributed by atoms with van der Waals surface area (Å²) in [6.45, 7) is 4.93. The first-order valence-electron chi connectivity index (χ1n) is 2.63. The third-order valence-electron chi connectivity index (χ3n) is 1.12. The lowest BCUT2D eigenvalue weighted by Crippen LogP contribution is -2.25. The van der Waals surface area contributed by atoms with Gasteiger partial charge in [0.25, 0.3) is 0 Å². The molecule has 3 nitrogen and oxygen atoms in total. The summed E-state index contributed by atoms with van der Waals surface area (Å²) in [7, 11) is 0. The van der Waals surface area contributed by atoms with Gasteiger partial charge in [-0.25, -0.2) is 4.79 Å². The lowest BCUT2D eigenvalue weighted by molar-refractivity contribution is -0.148. The third kappa shape index (κ3) is 2.28. The van der Waals surface area contributed by atoms with E-state index < -0.39 is 12.1 Å². The topological polar surface area (TPSA) is 57.5 Å². The van der Waals surface area contributed by atoms with Gasteiger partial charge in [-0.15, -0.1) is 6.58 Å². The van der Waals surface area contributed by atoms with Crippen LogP contribution in [-0.2, 0) is 4.79 Å². The zero-order valence-electron chi connectivity index (χ0n) is 5.24. The van der Waals surface area contributed by atoms with Gasteiger partial charge in [-0.3, -0.25) is 0 Å². The SMILES string of the molecule is C=C[C@H](C)[C@H](O)C(=O)O. The highest BCUT2D eigenvalue weighted by Crippen LogP contribution is 2.02. The van der Waals surface area contributed by atoms with E-state index in [1.807, 2.05) is 0 Å². The molecule has 0 saturated heterocycles. The Morgan fingerprint density at radius 3 is 2.33 bits per heavy atom. The number of aliphatic carboxylic acids is 1. The van der Waals surface area contributed by atoms with E-state index in [1.165, 1.54) is 6.08 Å². The highest BCUT2D eigenvalue weighted by molar-refractivity contribution is 5.72. The fourth-order valence-electron chi connectivity index (χ4n) is 0.354. The molecule has 2 N–H and O–H groups in total. The van der Waals surface area contributed by atoms with Gasteiger partial charge in [-0.05, 0) is 0 Å². The second-order valence-electron chi connectivity index (χ2n) is 1.88. The van der Waals surface area contributed by atoms with E-state index >= 15 is 0 Å². The summed E-state index contributed by atoms with van der Waals surface area (Å²) in [6, 6.07) is 0. The van der Waals surface area contributed by atoms with E-state index in [1.54, 1.807) is 6.92 Å². The first-order valence-corrected chi connectivity index (χ1v) is 2.63. The van der Waals surface area contributed by atoms with Gasteiger partial charge in [0.2, 0.25) is 0 Å². The molecule has 0 bridgehead atoms. The molecule has 0 fully saturated rings. The summed E-state index contributed by atoms with van der Waals surface area (Å²) >= 11 is 0. The summed E-state index contributed by atoms with van der Waals surface area (Å²) in [5, 5.41) is 16.9. The van der Waals surface area contributed by atoms with Crippen molar-refractivity contribution in [2.45, 2.75) is 13.0 Å². The van der Waals surface area contributed by atoms with Crippen molar-refractivity contribution in [2.75, 3.05) is 0 Å². The van der Waals surface area contributed by atoms with E-state index in [9.17, 15) is 4.79 Å². The molecule has 0 aromatic carbocycles. The van der Waals surface area contributed by atoms with Gasteiger partial charge in [0.1, 0.15) is 0 Å². The molecular formula is C6H10O3. The quantitative estimate of drug-likeness (QED) is 0.538. The standard InChI is InChI=1S/C6H10O3/c1-3-4(2)5(7)6(8)9/h3-5,7H,1H2,2H3,(H,8,9)/t4-,5-/m0/s1. The van der Waals surface area contributed by atoms with Gasteiger partial charge >= 0.3 is 5.97 Å². The van der Waals surface area contributed by atoms with Crippen LogP contribution in [0, 0.1) is 5.92 Å². The normalized spacial score (nSPS) is 16.2. The molecule has 0 aliphatic rings. The lowest BCUT2D eigenvalue weighted by atomic mass is 10.1. The second kappa shape index (κ2) is 3.25. The number of aliphatic hydroxyl groups is 1. The molecule has 0 aromatic heterocycles. The van der Waals surface area contributed by atoms with Gasteiger partial charge in [-0.2, -0.15) is 0 Å². The third-order valence-corrected chi connectivity index (χ3v) is 1.12. The zero-order valence-corrected chi connectivity index (χ0v) is 5.24. The molecule has 0 radical (unpaired) electrons. The first kappa shape index (κ1) is 8.17. The van der Waals surface area contributed by atoms with Crippen LogP contribution < -0.4 is 0 Å². The van der Waals surface area contributed by atoms with Crippen LogP contribution in [0.15, 0.2) is 12.7 Å². The van der Waals surface area contributed by atoms with Gasteiger partial charge in [0.05, 0.1) is 0 Å². The molecule has 2 atom stereocenters. The molecule has 0 amide bonds. The molecule has 52 valence electrons.